The molecule has 0 spiro atoms. The molecule has 156 valence electrons. The largest absolute Gasteiger partial charge is 3.00 e. The molecule has 3 heterocycles. The summed E-state index contributed by atoms with van der Waals surface area (Å²) in [6.07, 6.45) is 39.2. The molecule has 3 aliphatic carbocycles. The molecule has 0 aromatic rings. The maximum absolute atomic E-state index is 3.32. The summed E-state index contributed by atoms with van der Waals surface area (Å²) < 4.78 is 0. The van der Waals surface area contributed by atoms with Gasteiger partial charge >= 0.3 is 17.4 Å². The average Bonchev–Trinajstić information content (AvgIpc) is 2.85. The quantitative estimate of drug-likeness (QED) is 0.382. The van der Waals surface area contributed by atoms with E-state index in [1.165, 1.54) is 16.7 Å². The predicted molar refractivity (Wildman–Crippen MR) is 133 cm³/mol. The Hall–Kier alpha value is -2.41. The Morgan fingerprint density at radius 3 is 1.10 bits per heavy atom. The molecule has 4 heteroatoms. The molecule has 0 saturated heterocycles. The van der Waals surface area contributed by atoms with E-state index in [9.17, 15) is 0 Å². The Morgan fingerprint density at radius 2 is 0.806 bits per heavy atom. The van der Waals surface area contributed by atoms with Crippen LogP contribution in [0.2, 0.25) is 0 Å². The molecule has 0 aromatic heterocycles. The van der Waals surface area contributed by atoms with Crippen LogP contribution in [0.5, 0.6) is 0 Å². The maximum atomic E-state index is 3.32. The van der Waals surface area contributed by atoms with Gasteiger partial charge in [-0.05, 0) is 92.1 Å². The Bertz CT molecular complexity index is 753. The van der Waals surface area contributed by atoms with Crippen LogP contribution in [0.4, 0.5) is 0 Å². The molecule has 31 heavy (non-hydrogen) atoms. The average molecular weight is 427 g/mol. The number of nitrogens with one attached hydrogen (secondary N) is 3. The molecule has 0 bridgehead atoms. The third-order valence-electron chi connectivity index (χ3n) is 6.13. The van der Waals surface area contributed by atoms with Gasteiger partial charge < -0.3 is 16.0 Å². The molecule has 3 atom stereocenters. The fourth-order valence-electron chi connectivity index (χ4n) is 4.34. The van der Waals surface area contributed by atoms with Crippen molar-refractivity contribution < 1.29 is 0 Å². The second kappa shape index (κ2) is 12.4. The molecule has 0 saturated carbocycles. The van der Waals surface area contributed by atoms with Crippen molar-refractivity contribution >= 4 is 17.4 Å². The minimum absolute atomic E-state index is 0. The molecular formula is C27H33AlN3+3. The van der Waals surface area contributed by atoms with Gasteiger partial charge in [-0.25, -0.2) is 0 Å². The third kappa shape index (κ3) is 6.79. The smallest absolute Gasteiger partial charge is 0.384 e. The zero-order chi connectivity index (χ0) is 20.4. The summed E-state index contributed by atoms with van der Waals surface area (Å²) in [6.45, 7) is 0. The van der Waals surface area contributed by atoms with Crippen molar-refractivity contribution in [3.8, 4) is 0 Å². The van der Waals surface area contributed by atoms with Gasteiger partial charge in [0.15, 0.2) is 0 Å². The van der Waals surface area contributed by atoms with Crippen molar-refractivity contribution in [1.82, 2.24) is 16.0 Å². The van der Waals surface area contributed by atoms with Gasteiger partial charge in [0.25, 0.3) is 0 Å². The van der Waals surface area contributed by atoms with Crippen LogP contribution in [0, 0.1) is 0 Å². The van der Waals surface area contributed by atoms with Crippen molar-refractivity contribution in [2.45, 2.75) is 56.7 Å². The van der Waals surface area contributed by atoms with Gasteiger partial charge in [-0.3, -0.25) is 0 Å². The Kier molecular flexibility index (Phi) is 9.34. The summed E-state index contributed by atoms with van der Waals surface area (Å²) in [6, 6.07) is 1.78. The van der Waals surface area contributed by atoms with E-state index in [-0.39, 0.29) is 17.4 Å². The number of allylic oxidation sites excluding steroid dienone is 9. The Balaban J connectivity index is 0.000000130. The van der Waals surface area contributed by atoms with Gasteiger partial charge in [0.2, 0.25) is 0 Å². The SMILES string of the molecule is C1=CNC2CC=CCC2=C1.C1=CNC2CC=CCC2=C1.C1=CNC2CC=CCC2=C1.[Al+3]. The normalized spacial score (nSPS) is 27.9. The van der Waals surface area contributed by atoms with Gasteiger partial charge in [-0.1, -0.05) is 54.7 Å². The molecule has 0 radical (unpaired) electrons. The van der Waals surface area contributed by atoms with E-state index in [1.807, 2.05) is 18.6 Å². The number of fused-ring (bicyclic) bond motifs is 3. The first kappa shape index (κ1) is 23.3. The molecule has 0 amide bonds. The number of rotatable bonds is 0. The fourth-order valence-corrected chi connectivity index (χ4v) is 4.34. The molecule has 6 aliphatic rings. The summed E-state index contributed by atoms with van der Waals surface area (Å²) in [5.74, 6) is 0. The monoisotopic (exact) mass is 426 g/mol. The van der Waals surface area contributed by atoms with Gasteiger partial charge in [-0.2, -0.15) is 0 Å². The topological polar surface area (TPSA) is 36.1 Å². The van der Waals surface area contributed by atoms with E-state index in [0.717, 1.165) is 38.5 Å². The molecule has 3 unspecified atom stereocenters. The second-order valence-corrected chi connectivity index (χ2v) is 8.19. The van der Waals surface area contributed by atoms with Crippen molar-refractivity contribution in [1.29, 1.82) is 0 Å². The Morgan fingerprint density at radius 1 is 0.484 bits per heavy atom. The standard InChI is InChI=1S/3C9H11N.Al/c3*1-2-6-9-8(4-1)5-3-7-10-9;/h3*1-3,5,7,9-10H,4,6H2;/q;;;+3. The molecular weight excluding hydrogens is 393 g/mol. The van der Waals surface area contributed by atoms with Crippen LogP contribution in [-0.4, -0.2) is 35.5 Å². The first-order valence-corrected chi connectivity index (χ1v) is 11.2. The van der Waals surface area contributed by atoms with Crippen molar-refractivity contribution in [2.24, 2.45) is 0 Å². The van der Waals surface area contributed by atoms with Crippen molar-refractivity contribution in [3.05, 3.63) is 108 Å². The Labute approximate surface area is 198 Å². The molecule has 3 aliphatic heterocycles. The van der Waals surface area contributed by atoms with Gasteiger partial charge in [-0.15, -0.1) is 0 Å². The van der Waals surface area contributed by atoms with Gasteiger partial charge in [0.05, 0.1) is 18.1 Å². The van der Waals surface area contributed by atoms with Crippen LogP contribution in [0.15, 0.2) is 108 Å². The van der Waals surface area contributed by atoms with Gasteiger partial charge in [0.1, 0.15) is 0 Å². The fraction of sp³-hybridized carbons (Fsp3) is 0.333. The van der Waals surface area contributed by atoms with Crippen LogP contribution in [0.3, 0.4) is 0 Å². The van der Waals surface area contributed by atoms with Crippen molar-refractivity contribution in [2.75, 3.05) is 0 Å². The number of hydrogen-bond acceptors (Lipinski definition) is 3. The summed E-state index contributed by atoms with van der Waals surface area (Å²) in [5.41, 5.74) is 4.56. The van der Waals surface area contributed by atoms with Crippen LogP contribution in [0.1, 0.15) is 38.5 Å². The molecule has 6 rings (SSSR count). The first-order chi connectivity index (χ1) is 14.9. The van der Waals surface area contributed by atoms with Crippen molar-refractivity contribution in [3.63, 3.8) is 0 Å². The van der Waals surface area contributed by atoms with E-state index in [1.54, 1.807) is 0 Å². The number of dihydropyridines is 3. The molecule has 0 fully saturated rings. The molecule has 3 N–H and O–H groups in total. The minimum Gasteiger partial charge on any atom is -0.384 e. The zero-order valence-corrected chi connectivity index (χ0v) is 19.4. The van der Waals surface area contributed by atoms with E-state index in [0.29, 0.717) is 18.1 Å². The summed E-state index contributed by atoms with van der Waals surface area (Å²) in [5, 5.41) is 9.96. The second-order valence-electron chi connectivity index (χ2n) is 8.19. The molecule has 3 nitrogen and oxygen atoms in total. The van der Waals surface area contributed by atoms with Crippen LogP contribution < -0.4 is 16.0 Å². The summed E-state index contributed by atoms with van der Waals surface area (Å²) in [4.78, 5) is 0. The maximum Gasteiger partial charge on any atom is 3.00 e. The minimum atomic E-state index is 0. The van der Waals surface area contributed by atoms with Gasteiger partial charge in [0, 0.05) is 0 Å². The van der Waals surface area contributed by atoms with E-state index in [4.69, 9.17) is 0 Å². The summed E-state index contributed by atoms with van der Waals surface area (Å²) >= 11 is 0. The van der Waals surface area contributed by atoms with Crippen LogP contribution >= 0.6 is 0 Å². The predicted octanol–water partition coefficient (Wildman–Crippen LogP) is 4.86. The van der Waals surface area contributed by atoms with E-state index < -0.39 is 0 Å². The van der Waals surface area contributed by atoms with Crippen LogP contribution in [-0.2, 0) is 0 Å². The summed E-state index contributed by atoms with van der Waals surface area (Å²) in [7, 11) is 0. The molecule has 0 aromatic carbocycles. The zero-order valence-electron chi connectivity index (χ0n) is 18.2. The third-order valence-corrected chi connectivity index (χ3v) is 6.13. The van der Waals surface area contributed by atoms with E-state index >= 15 is 0 Å². The van der Waals surface area contributed by atoms with E-state index in [2.05, 4.69) is 88.9 Å². The first-order valence-electron chi connectivity index (χ1n) is 11.2. The van der Waals surface area contributed by atoms with Crippen LogP contribution in [0.25, 0.3) is 0 Å². The number of hydrogen-bond donors (Lipinski definition) is 3.